The van der Waals surface area contributed by atoms with Crippen LogP contribution in [0.1, 0.15) is 37.3 Å². The van der Waals surface area contributed by atoms with Gasteiger partial charge in [0.05, 0.1) is 11.1 Å². The minimum atomic E-state index is 0.286. The van der Waals surface area contributed by atoms with Gasteiger partial charge < -0.3 is 19.7 Å². The van der Waals surface area contributed by atoms with E-state index in [1.807, 2.05) is 48.2 Å². The molecule has 1 N–H and O–H groups in total. The molecule has 2 aromatic rings. The number of nitrogens with zero attached hydrogens (tertiary/aromatic N) is 1. The molecule has 1 heterocycles. The van der Waals surface area contributed by atoms with E-state index in [0.717, 1.165) is 54.6 Å². The maximum absolute atomic E-state index is 11.7. The van der Waals surface area contributed by atoms with Gasteiger partial charge in [0.15, 0.2) is 11.5 Å². The van der Waals surface area contributed by atoms with Crippen LogP contribution in [-0.2, 0) is 17.9 Å². The quantitative estimate of drug-likeness (QED) is 0.436. The number of likely N-dealkylation sites (tertiary alicyclic amines) is 1. The van der Waals surface area contributed by atoms with Gasteiger partial charge in [-0.2, -0.15) is 0 Å². The molecule has 7 heteroatoms. The lowest BCUT2D eigenvalue weighted by Gasteiger charge is -2.17. The van der Waals surface area contributed by atoms with E-state index in [1.165, 1.54) is 0 Å². The van der Waals surface area contributed by atoms with E-state index in [2.05, 4.69) is 21.2 Å². The van der Waals surface area contributed by atoms with Crippen molar-refractivity contribution in [2.24, 2.45) is 0 Å². The molecule has 1 fully saturated rings. The van der Waals surface area contributed by atoms with Crippen LogP contribution in [0.5, 0.6) is 11.5 Å². The molecule has 0 spiro atoms. The molecule has 1 aliphatic heterocycles. The lowest BCUT2D eigenvalue weighted by atomic mass is 10.2. The summed E-state index contributed by atoms with van der Waals surface area (Å²) in [6, 6.07) is 11.7. The predicted octanol–water partition coefficient (Wildman–Crippen LogP) is 5.18. The molecular weight excluding hydrogens is 468 g/mol. The van der Waals surface area contributed by atoms with Crippen LogP contribution in [0.3, 0.4) is 0 Å². The zero-order chi connectivity index (χ0) is 21.3. The van der Waals surface area contributed by atoms with Crippen molar-refractivity contribution >= 4 is 33.4 Å². The van der Waals surface area contributed by atoms with Crippen molar-refractivity contribution in [1.29, 1.82) is 0 Å². The van der Waals surface area contributed by atoms with E-state index >= 15 is 0 Å². The summed E-state index contributed by atoms with van der Waals surface area (Å²) >= 11 is 9.69. The van der Waals surface area contributed by atoms with E-state index in [9.17, 15) is 4.79 Å². The highest BCUT2D eigenvalue weighted by atomic mass is 79.9. The van der Waals surface area contributed by atoms with Crippen LogP contribution in [0.25, 0.3) is 0 Å². The summed E-state index contributed by atoms with van der Waals surface area (Å²) in [7, 11) is 0. The van der Waals surface area contributed by atoms with Crippen molar-refractivity contribution in [3.63, 3.8) is 0 Å². The van der Waals surface area contributed by atoms with E-state index in [-0.39, 0.29) is 5.91 Å². The summed E-state index contributed by atoms with van der Waals surface area (Å²) < 4.78 is 12.7. The maximum Gasteiger partial charge on any atom is 0.222 e. The first-order valence-corrected chi connectivity index (χ1v) is 11.5. The van der Waals surface area contributed by atoms with E-state index in [0.29, 0.717) is 36.2 Å². The summed E-state index contributed by atoms with van der Waals surface area (Å²) in [6.45, 7) is 6.24. The third-order valence-electron chi connectivity index (χ3n) is 4.92. The van der Waals surface area contributed by atoms with Gasteiger partial charge in [0.25, 0.3) is 0 Å². The van der Waals surface area contributed by atoms with Crippen LogP contribution in [0.15, 0.2) is 40.9 Å². The Labute approximate surface area is 191 Å². The van der Waals surface area contributed by atoms with Gasteiger partial charge in [-0.1, -0.05) is 23.7 Å². The summed E-state index contributed by atoms with van der Waals surface area (Å²) in [5, 5.41) is 4.14. The third kappa shape index (κ3) is 6.62. The van der Waals surface area contributed by atoms with Gasteiger partial charge in [0.1, 0.15) is 6.61 Å². The Morgan fingerprint density at radius 2 is 2.07 bits per heavy atom. The molecule has 2 aromatic carbocycles. The number of nitrogens with one attached hydrogen (secondary N) is 1. The molecule has 30 heavy (non-hydrogen) atoms. The number of rotatable bonds is 11. The topological polar surface area (TPSA) is 50.8 Å². The molecule has 0 bridgehead atoms. The molecule has 162 valence electrons. The highest BCUT2D eigenvalue weighted by Crippen LogP contribution is 2.37. The Kier molecular flexibility index (Phi) is 8.85. The second-order valence-electron chi connectivity index (χ2n) is 7.27. The Balaban J connectivity index is 1.54. The molecule has 3 rings (SSSR count). The van der Waals surface area contributed by atoms with Gasteiger partial charge in [0.2, 0.25) is 5.91 Å². The number of hydrogen-bond donors (Lipinski definition) is 1. The number of benzene rings is 2. The van der Waals surface area contributed by atoms with Gasteiger partial charge in [-0.15, -0.1) is 0 Å². The van der Waals surface area contributed by atoms with Crippen molar-refractivity contribution in [1.82, 2.24) is 10.2 Å². The summed E-state index contributed by atoms with van der Waals surface area (Å²) in [6.07, 6.45) is 2.64. The van der Waals surface area contributed by atoms with Crippen LogP contribution in [-0.4, -0.2) is 37.0 Å². The first kappa shape index (κ1) is 22.9. The molecule has 1 amide bonds. The van der Waals surface area contributed by atoms with Crippen LogP contribution in [0, 0.1) is 0 Å². The molecular formula is C23H28BrClN2O3. The third-order valence-corrected chi connectivity index (χ3v) is 5.75. The van der Waals surface area contributed by atoms with Crippen molar-refractivity contribution in [2.75, 3.05) is 26.2 Å². The van der Waals surface area contributed by atoms with Crippen molar-refractivity contribution < 1.29 is 14.3 Å². The van der Waals surface area contributed by atoms with Crippen molar-refractivity contribution in [3.05, 3.63) is 57.0 Å². The number of halogens is 2. The molecule has 0 aromatic heterocycles. The molecule has 1 saturated heterocycles. The fourth-order valence-electron chi connectivity index (χ4n) is 3.48. The van der Waals surface area contributed by atoms with Crippen molar-refractivity contribution in [3.8, 4) is 11.5 Å². The molecule has 5 nitrogen and oxygen atoms in total. The van der Waals surface area contributed by atoms with Crippen LogP contribution in [0.2, 0.25) is 5.02 Å². The molecule has 0 aliphatic carbocycles. The van der Waals surface area contributed by atoms with Crippen LogP contribution < -0.4 is 14.8 Å². The minimum absolute atomic E-state index is 0.286. The fraction of sp³-hybridized carbons (Fsp3) is 0.435. The first-order valence-electron chi connectivity index (χ1n) is 10.4. The van der Waals surface area contributed by atoms with E-state index < -0.39 is 0 Å². The fourth-order valence-corrected chi connectivity index (χ4v) is 4.29. The average molecular weight is 496 g/mol. The highest BCUT2D eigenvalue weighted by molar-refractivity contribution is 9.10. The summed E-state index contributed by atoms with van der Waals surface area (Å²) in [5.41, 5.74) is 2.11. The van der Waals surface area contributed by atoms with E-state index in [4.69, 9.17) is 21.1 Å². The van der Waals surface area contributed by atoms with Gasteiger partial charge >= 0.3 is 0 Å². The van der Waals surface area contributed by atoms with Gasteiger partial charge in [-0.25, -0.2) is 0 Å². The van der Waals surface area contributed by atoms with Crippen molar-refractivity contribution in [2.45, 2.75) is 39.3 Å². The van der Waals surface area contributed by atoms with Crippen LogP contribution in [0.4, 0.5) is 0 Å². The number of ether oxygens (including phenoxy) is 2. The number of carbonyl (C=O) groups excluding carboxylic acids is 1. The standard InChI is InChI=1S/C23H28BrClN2O3/c1-2-29-21-14-18(15-26-9-5-11-27-10-4-8-22(27)28)13-20(24)23(21)30-16-17-6-3-7-19(25)12-17/h3,6-7,12-14,26H,2,4-5,8-11,15-16H2,1H3. The lowest BCUT2D eigenvalue weighted by molar-refractivity contribution is -0.127. The minimum Gasteiger partial charge on any atom is -0.490 e. The largest absolute Gasteiger partial charge is 0.490 e. The first-order chi connectivity index (χ1) is 14.6. The van der Waals surface area contributed by atoms with E-state index in [1.54, 1.807) is 0 Å². The Hall–Kier alpha value is -1.76. The van der Waals surface area contributed by atoms with Gasteiger partial charge in [-0.3, -0.25) is 4.79 Å². The molecule has 0 unspecified atom stereocenters. The molecule has 1 aliphatic rings. The summed E-state index contributed by atoms with van der Waals surface area (Å²) in [5.74, 6) is 1.69. The number of hydrogen-bond acceptors (Lipinski definition) is 4. The van der Waals surface area contributed by atoms with Crippen LogP contribution >= 0.6 is 27.5 Å². The monoisotopic (exact) mass is 494 g/mol. The predicted molar refractivity (Wildman–Crippen MR) is 123 cm³/mol. The molecule has 0 radical (unpaired) electrons. The number of carbonyl (C=O) groups is 1. The Bertz CT molecular complexity index is 862. The van der Waals surface area contributed by atoms with Gasteiger partial charge in [-0.05, 0) is 77.6 Å². The highest BCUT2D eigenvalue weighted by Gasteiger charge is 2.19. The zero-order valence-electron chi connectivity index (χ0n) is 17.3. The number of amides is 1. The Morgan fingerprint density at radius 1 is 1.20 bits per heavy atom. The zero-order valence-corrected chi connectivity index (χ0v) is 19.6. The normalized spacial score (nSPS) is 13.7. The average Bonchev–Trinajstić information content (AvgIpc) is 3.12. The SMILES string of the molecule is CCOc1cc(CNCCCN2CCCC2=O)cc(Br)c1OCc1cccc(Cl)c1. The lowest BCUT2D eigenvalue weighted by Crippen LogP contribution is -2.28. The molecule has 0 atom stereocenters. The second-order valence-corrected chi connectivity index (χ2v) is 8.56. The van der Waals surface area contributed by atoms with Gasteiger partial charge in [0, 0.05) is 31.1 Å². The maximum atomic E-state index is 11.7. The second kappa shape index (κ2) is 11.6. The Morgan fingerprint density at radius 3 is 2.80 bits per heavy atom. The smallest absolute Gasteiger partial charge is 0.222 e. The summed E-state index contributed by atoms with van der Waals surface area (Å²) in [4.78, 5) is 13.6. The molecule has 0 saturated carbocycles.